The monoisotopic (exact) mass is 287 g/mol. The van der Waals surface area contributed by atoms with Gasteiger partial charge in [-0.25, -0.2) is 0 Å². The summed E-state index contributed by atoms with van der Waals surface area (Å²) in [6.45, 7) is 6.48. The van der Waals surface area contributed by atoms with Gasteiger partial charge in [0.05, 0.1) is 31.8 Å². The van der Waals surface area contributed by atoms with Crippen molar-refractivity contribution in [2.75, 3.05) is 19.8 Å². The summed E-state index contributed by atoms with van der Waals surface area (Å²) in [5.74, 6) is 2.05. The lowest BCUT2D eigenvalue weighted by Crippen LogP contribution is -2.21. The number of nitrogens with one attached hydrogen (secondary N) is 1. The van der Waals surface area contributed by atoms with E-state index in [0.29, 0.717) is 19.1 Å². The Morgan fingerprint density at radius 2 is 1.95 bits per heavy atom. The molecule has 1 aliphatic rings. The van der Waals surface area contributed by atoms with E-state index in [4.69, 9.17) is 13.9 Å². The van der Waals surface area contributed by atoms with Gasteiger partial charge >= 0.3 is 0 Å². The highest BCUT2D eigenvalue weighted by Crippen LogP contribution is 2.34. The number of furan rings is 1. The first kappa shape index (κ1) is 14.0. The third kappa shape index (κ3) is 3.05. The molecule has 0 radical (unpaired) electrons. The van der Waals surface area contributed by atoms with Gasteiger partial charge in [0.25, 0.3) is 0 Å². The minimum Gasteiger partial charge on any atom is -0.489 e. The lowest BCUT2D eigenvalue weighted by atomic mass is 10.0. The maximum atomic E-state index is 5.87. The van der Waals surface area contributed by atoms with Gasteiger partial charge in [-0.15, -0.1) is 0 Å². The van der Waals surface area contributed by atoms with Crippen LogP contribution in [0.5, 0.6) is 11.5 Å². The molecule has 0 aliphatic carbocycles. The van der Waals surface area contributed by atoms with Crippen LogP contribution in [0.1, 0.15) is 31.0 Å². The summed E-state index contributed by atoms with van der Waals surface area (Å²) in [7, 11) is 0. The standard InChI is InChI=1S/C17H21NO3/c1-3-18-17(14-6-7-19-11-14)13-4-5-15-16(8-13)21-10-12(2)9-20-15/h4-8,11-12,17-18H,3,9-10H2,1-2H3. The summed E-state index contributed by atoms with van der Waals surface area (Å²) < 4.78 is 16.9. The second kappa shape index (κ2) is 6.22. The number of benzene rings is 1. The first-order valence-corrected chi connectivity index (χ1v) is 7.43. The molecule has 0 spiro atoms. The molecule has 1 aliphatic heterocycles. The van der Waals surface area contributed by atoms with Crippen LogP contribution in [0, 0.1) is 5.92 Å². The van der Waals surface area contributed by atoms with E-state index in [2.05, 4.69) is 31.3 Å². The highest BCUT2D eigenvalue weighted by atomic mass is 16.5. The van der Waals surface area contributed by atoms with E-state index >= 15 is 0 Å². The topological polar surface area (TPSA) is 43.6 Å². The number of fused-ring (bicyclic) bond motifs is 1. The van der Waals surface area contributed by atoms with Crippen LogP contribution in [0.4, 0.5) is 0 Å². The number of rotatable bonds is 4. The van der Waals surface area contributed by atoms with Crippen LogP contribution in [0.25, 0.3) is 0 Å². The van der Waals surface area contributed by atoms with Crippen molar-refractivity contribution < 1.29 is 13.9 Å². The lowest BCUT2D eigenvalue weighted by molar-refractivity contribution is 0.228. The molecular formula is C17H21NO3. The second-order valence-corrected chi connectivity index (χ2v) is 5.48. The van der Waals surface area contributed by atoms with Gasteiger partial charge in [0.2, 0.25) is 0 Å². The lowest BCUT2D eigenvalue weighted by Gasteiger charge is -2.18. The summed E-state index contributed by atoms with van der Waals surface area (Å²) in [4.78, 5) is 0. The predicted molar refractivity (Wildman–Crippen MR) is 80.8 cm³/mol. The highest BCUT2D eigenvalue weighted by molar-refractivity contribution is 5.46. The first-order valence-electron chi connectivity index (χ1n) is 7.43. The minimum absolute atomic E-state index is 0.100. The average molecular weight is 287 g/mol. The molecule has 0 fully saturated rings. The first-order chi connectivity index (χ1) is 10.3. The summed E-state index contributed by atoms with van der Waals surface area (Å²) in [6.07, 6.45) is 3.48. The van der Waals surface area contributed by atoms with Crippen LogP contribution in [-0.4, -0.2) is 19.8 Å². The molecule has 1 aromatic carbocycles. The Kier molecular flexibility index (Phi) is 4.15. The van der Waals surface area contributed by atoms with Crippen molar-refractivity contribution in [3.8, 4) is 11.5 Å². The Bertz CT molecular complexity index is 580. The second-order valence-electron chi connectivity index (χ2n) is 5.48. The fourth-order valence-corrected chi connectivity index (χ4v) is 2.52. The van der Waals surface area contributed by atoms with Crippen molar-refractivity contribution >= 4 is 0 Å². The fourth-order valence-electron chi connectivity index (χ4n) is 2.52. The zero-order valence-corrected chi connectivity index (χ0v) is 12.5. The van der Waals surface area contributed by atoms with Crippen molar-refractivity contribution in [3.05, 3.63) is 47.9 Å². The summed E-state index contributed by atoms with van der Waals surface area (Å²) in [5, 5.41) is 3.48. The van der Waals surface area contributed by atoms with E-state index in [1.54, 1.807) is 12.5 Å². The molecular weight excluding hydrogens is 266 g/mol. The van der Waals surface area contributed by atoms with Crippen molar-refractivity contribution in [2.24, 2.45) is 5.92 Å². The van der Waals surface area contributed by atoms with E-state index < -0.39 is 0 Å². The Morgan fingerprint density at radius 3 is 2.67 bits per heavy atom. The van der Waals surface area contributed by atoms with Crippen LogP contribution < -0.4 is 14.8 Å². The van der Waals surface area contributed by atoms with E-state index in [0.717, 1.165) is 29.2 Å². The third-order valence-corrected chi connectivity index (χ3v) is 3.63. The molecule has 2 unspecified atom stereocenters. The van der Waals surface area contributed by atoms with Gasteiger partial charge in [-0.3, -0.25) is 0 Å². The molecule has 21 heavy (non-hydrogen) atoms. The van der Waals surface area contributed by atoms with Crippen LogP contribution in [-0.2, 0) is 0 Å². The van der Waals surface area contributed by atoms with E-state index in [-0.39, 0.29) is 6.04 Å². The summed E-state index contributed by atoms with van der Waals surface area (Å²) in [5.41, 5.74) is 2.26. The van der Waals surface area contributed by atoms with Crippen molar-refractivity contribution in [1.82, 2.24) is 5.32 Å². The van der Waals surface area contributed by atoms with Gasteiger partial charge in [0.1, 0.15) is 0 Å². The molecule has 4 heteroatoms. The van der Waals surface area contributed by atoms with Gasteiger partial charge < -0.3 is 19.2 Å². The molecule has 4 nitrogen and oxygen atoms in total. The molecule has 2 aromatic rings. The van der Waals surface area contributed by atoms with Gasteiger partial charge in [-0.05, 0) is 30.3 Å². The highest BCUT2D eigenvalue weighted by Gasteiger charge is 2.19. The maximum absolute atomic E-state index is 5.87. The van der Waals surface area contributed by atoms with Gasteiger partial charge in [0, 0.05) is 11.5 Å². The van der Waals surface area contributed by atoms with Crippen LogP contribution in [0.15, 0.2) is 41.2 Å². The molecule has 3 rings (SSSR count). The molecule has 0 amide bonds. The Hall–Kier alpha value is -1.94. The Balaban J connectivity index is 1.91. The smallest absolute Gasteiger partial charge is 0.161 e. The zero-order chi connectivity index (χ0) is 14.7. The normalized spacial score (nSPS) is 19.0. The quantitative estimate of drug-likeness (QED) is 0.936. The van der Waals surface area contributed by atoms with E-state index in [9.17, 15) is 0 Å². The largest absolute Gasteiger partial charge is 0.489 e. The predicted octanol–water partition coefficient (Wildman–Crippen LogP) is 3.39. The Morgan fingerprint density at radius 1 is 1.14 bits per heavy atom. The van der Waals surface area contributed by atoms with Gasteiger partial charge in [-0.1, -0.05) is 19.9 Å². The summed E-state index contributed by atoms with van der Waals surface area (Å²) >= 11 is 0. The average Bonchev–Trinajstić information content (AvgIpc) is 2.96. The molecule has 1 N–H and O–H groups in total. The van der Waals surface area contributed by atoms with E-state index in [1.807, 2.05) is 12.1 Å². The van der Waals surface area contributed by atoms with Crippen molar-refractivity contribution in [3.63, 3.8) is 0 Å². The minimum atomic E-state index is 0.100. The van der Waals surface area contributed by atoms with Crippen molar-refractivity contribution in [2.45, 2.75) is 19.9 Å². The van der Waals surface area contributed by atoms with Gasteiger partial charge in [-0.2, -0.15) is 0 Å². The molecule has 0 saturated heterocycles. The number of hydrogen-bond acceptors (Lipinski definition) is 4. The molecule has 112 valence electrons. The van der Waals surface area contributed by atoms with Gasteiger partial charge in [0.15, 0.2) is 11.5 Å². The van der Waals surface area contributed by atoms with Crippen LogP contribution in [0.3, 0.4) is 0 Å². The summed E-state index contributed by atoms with van der Waals surface area (Å²) in [6, 6.07) is 8.22. The van der Waals surface area contributed by atoms with Crippen LogP contribution in [0.2, 0.25) is 0 Å². The molecule has 2 heterocycles. The SMILES string of the molecule is CCNC(c1ccoc1)c1ccc2c(c1)OCC(C)CO2. The van der Waals surface area contributed by atoms with Crippen molar-refractivity contribution in [1.29, 1.82) is 0 Å². The fraction of sp³-hybridized carbons (Fsp3) is 0.412. The molecule has 0 saturated carbocycles. The molecule has 1 aromatic heterocycles. The Labute approximate surface area is 125 Å². The molecule has 2 atom stereocenters. The maximum Gasteiger partial charge on any atom is 0.161 e. The van der Waals surface area contributed by atoms with Crippen LogP contribution >= 0.6 is 0 Å². The number of hydrogen-bond donors (Lipinski definition) is 1. The number of ether oxygens (including phenoxy) is 2. The third-order valence-electron chi connectivity index (χ3n) is 3.63. The van der Waals surface area contributed by atoms with E-state index in [1.165, 1.54) is 0 Å². The molecule has 0 bridgehead atoms. The zero-order valence-electron chi connectivity index (χ0n) is 12.5.